The predicted molar refractivity (Wildman–Crippen MR) is 92.6 cm³/mol. The van der Waals surface area contributed by atoms with Crippen LogP contribution in [0.15, 0.2) is 0 Å². The second-order valence-electron chi connectivity index (χ2n) is 8.72. The maximum absolute atomic E-state index is 12.5. The molecule has 8 atom stereocenters. The normalized spacial score (nSPS) is 41.2. The molecule has 6 heteroatoms. The van der Waals surface area contributed by atoms with Crippen molar-refractivity contribution in [2.45, 2.75) is 59.0 Å². The van der Waals surface area contributed by atoms with Crippen molar-refractivity contribution < 1.29 is 29.0 Å². The van der Waals surface area contributed by atoms with Gasteiger partial charge in [-0.2, -0.15) is 0 Å². The molecule has 0 spiro atoms. The van der Waals surface area contributed by atoms with Gasteiger partial charge >= 0.3 is 17.9 Å². The van der Waals surface area contributed by atoms with Crippen molar-refractivity contribution in [2.24, 2.45) is 40.9 Å². The lowest BCUT2D eigenvalue weighted by Crippen LogP contribution is -2.39. The highest BCUT2D eigenvalue weighted by Crippen LogP contribution is 2.57. The Hall–Kier alpha value is -1.43. The van der Waals surface area contributed by atoms with Crippen molar-refractivity contribution in [3.63, 3.8) is 0 Å². The molecule has 2 aliphatic carbocycles. The van der Waals surface area contributed by atoms with Crippen LogP contribution in [0.2, 0.25) is 0 Å². The molecule has 0 amide bonds. The molecule has 3 rings (SSSR count). The Morgan fingerprint density at radius 1 is 1.31 bits per heavy atom. The van der Waals surface area contributed by atoms with Crippen molar-refractivity contribution in [3.05, 3.63) is 0 Å². The lowest BCUT2D eigenvalue weighted by molar-refractivity contribution is -0.156. The molecule has 0 aromatic heterocycles. The number of rotatable bonds is 6. The van der Waals surface area contributed by atoms with E-state index >= 15 is 0 Å². The first-order valence-corrected chi connectivity index (χ1v) is 9.75. The first-order chi connectivity index (χ1) is 12.2. The zero-order valence-corrected chi connectivity index (χ0v) is 16.1. The number of esters is 3. The Morgan fingerprint density at radius 3 is 2.54 bits per heavy atom. The van der Waals surface area contributed by atoms with Crippen molar-refractivity contribution in [1.82, 2.24) is 0 Å². The fourth-order valence-electron chi connectivity index (χ4n) is 5.72. The molecular formula is C20H30O6. The summed E-state index contributed by atoms with van der Waals surface area (Å²) in [5, 5.41) is 10.1. The molecular weight excluding hydrogens is 336 g/mol. The first kappa shape index (κ1) is 19.3. The number of cyclic esters (lactones) is 2. The smallest absolute Gasteiger partial charge is 0.317 e. The average Bonchev–Trinajstić information content (AvgIpc) is 3.22. The minimum Gasteiger partial charge on any atom is -0.469 e. The standard InChI is InChI=1S/C20H30O6/c1-5-20(3,19(24)25-4)7-6-12-16(18(23)26-17(12)22)15-10(2)13-8-11(15)9-14(13)21/h10-16,21H,5-9H2,1-4H3. The van der Waals surface area contributed by atoms with Gasteiger partial charge in [0, 0.05) is 0 Å². The van der Waals surface area contributed by atoms with E-state index in [1.54, 1.807) is 0 Å². The molecule has 0 radical (unpaired) electrons. The van der Waals surface area contributed by atoms with Crippen molar-refractivity contribution in [1.29, 1.82) is 0 Å². The highest BCUT2D eigenvalue weighted by atomic mass is 16.6. The second kappa shape index (κ2) is 6.95. The molecule has 2 bridgehead atoms. The Kier molecular flexibility index (Phi) is 5.17. The van der Waals surface area contributed by atoms with Crippen LogP contribution in [-0.2, 0) is 23.9 Å². The molecule has 0 aromatic rings. The number of aliphatic hydroxyl groups excluding tert-OH is 1. The van der Waals surface area contributed by atoms with Crippen LogP contribution in [0.25, 0.3) is 0 Å². The van der Waals surface area contributed by atoms with Gasteiger partial charge in [0.25, 0.3) is 0 Å². The van der Waals surface area contributed by atoms with E-state index in [0.29, 0.717) is 25.7 Å². The average molecular weight is 366 g/mol. The lowest BCUT2D eigenvalue weighted by Gasteiger charge is -2.35. The molecule has 8 unspecified atom stereocenters. The molecule has 1 heterocycles. The highest BCUT2D eigenvalue weighted by Gasteiger charge is 2.59. The van der Waals surface area contributed by atoms with Gasteiger partial charge in [-0.3, -0.25) is 14.4 Å². The Balaban J connectivity index is 1.76. The first-order valence-electron chi connectivity index (χ1n) is 9.75. The van der Waals surface area contributed by atoms with Crippen LogP contribution in [0.5, 0.6) is 0 Å². The van der Waals surface area contributed by atoms with E-state index in [4.69, 9.17) is 9.47 Å². The SMILES string of the molecule is CCC(C)(CCC1C(=O)OC(=O)C1C1C2CC(O)C(C2)C1C)C(=O)OC. The monoisotopic (exact) mass is 366 g/mol. The van der Waals surface area contributed by atoms with Crippen molar-refractivity contribution in [2.75, 3.05) is 7.11 Å². The Bertz CT molecular complexity index is 599. The number of carbonyl (C=O) groups is 3. The quantitative estimate of drug-likeness (QED) is 0.573. The van der Waals surface area contributed by atoms with Crippen LogP contribution < -0.4 is 0 Å². The summed E-state index contributed by atoms with van der Waals surface area (Å²) in [6.07, 6.45) is 2.87. The van der Waals surface area contributed by atoms with Crippen LogP contribution in [0, 0.1) is 40.9 Å². The summed E-state index contributed by atoms with van der Waals surface area (Å²) < 4.78 is 9.93. The van der Waals surface area contributed by atoms with Gasteiger partial charge in [0.2, 0.25) is 0 Å². The summed E-state index contributed by atoms with van der Waals surface area (Å²) in [7, 11) is 1.37. The van der Waals surface area contributed by atoms with E-state index in [1.807, 2.05) is 13.8 Å². The number of methoxy groups -OCH3 is 1. The van der Waals surface area contributed by atoms with Crippen LogP contribution >= 0.6 is 0 Å². The van der Waals surface area contributed by atoms with Gasteiger partial charge in [-0.05, 0) is 62.7 Å². The maximum atomic E-state index is 12.5. The van der Waals surface area contributed by atoms with E-state index in [1.165, 1.54) is 7.11 Å². The van der Waals surface area contributed by atoms with E-state index in [0.717, 1.165) is 6.42 Å². The van der Waals surface area contributed by atoms with Gasteiger partial charge in [-0.15, -0.1) is 0 Å². The zero-order valence-electron chi connectivity index (χ0n) is 16.1. The molecule has 1 saturated heterocycles. The highest BCUT2D eigenvalue weighted by molar-refractivity contribution is 5.96. The minimum atomic E-state index is -0.665. The molecule has 1 aliphatic heterocycles. The maximum Gasteiger partial charge on any atom is 0.317 e. The fourth-order valence-corrected chi connectivity index (χ4v) is 5.72. The third-order valence-electron chi connectivity index (χ3n) is 7.53. The van der Waals surface area contributed by atoms with Crippen molar-refractivity contribution >= 4 is 17.9 Å². The molecule has 26 heavy (non-hydrogen) atoms. The number of fused-ring (bicyclic) bond motifs is 2. The topological polar surface area (TPSA) is 89.9 Å². The lowest BCUT2D eigenvalue weighted by atomic mass is 9.67. The largest absolute Gasteiger partial charge is 0.469 e. The van der Waals surface area contributed by atoms with Crippen LogP contribution in [0.1, 0.15) is 52.9 Å². The number of aliphatic hydroxyl groups is 1. The third kappa shape index (κ3) is 2.96. The van der Waals surface area contributed by atoms with Crippen molar-refractivity contribution in [3.8, 4) is 0 Å². The predicted octanol–water partition coefficient (Wildman–Crippen LogP) is 2.32. The molecule has 3 fully saturated rings. The number of hydrogen-bond donors (Lipinski definition) is 1. The Labute approximate surface area is 154 Å². The van der Waals surface area contributed by atoms with E-state index in [2.05, 4.69) is 6.92 Å². The molecule has 2 saturated carbocycles. The second-order valence-corrected chi connectivity index (χ2v) is 8.72. The van der Waals surface area contributed by atoms with Gasteiger partial charge in [-0.25, -0.2) is 0 Å². The summed E-state index contributed by atoms with van der Waals surface area (Å²) in [5.41, 5.74) is -0.665. The third-order valence-corrected chi connectivity index (χ3v) is 7.53. The fraction of sp³-hybridized carbons (Fsp3) is 0.850. The molecule has 146 valence electrons. The molecule has 3 aliphatic rings. The van der Waals surface area contributed by atoms with E-state index < -0.39 is 29.2 Å². The molecule has 1 N–H and O–H groups in total. The number of hydrogen-bond acceptors (Lipinski definition) is 6. The van der Waals surface area contributed by atoms with Gasteiger partial charge < -0.3 is 14.6 Å². The summed E-state index contributed by atoms with van der Waals surface area (Å²) in [4.78, 5) is 36.9. The van der Waals surface area contributed by atoms with Gasteiger partial charge in [0.1, 0.15) is 0 Å². The van der Waals surface area contributed by atoms with Crippen LogP contribution in [-0.4, -0.2) is 36.2 Å². The van der Waals surface area contributed by atoms with Gasteiger partial charge in [0.05, 0.1) is 30.5 Å². The van der Waals surface area contributed by atoms with Gasteiger partial charge in [0.15, 0.2) is 0 Å². The van der Waals surface area contributed by atoms with E-state index in [-0.39, 0.29) is 35.7 Å². The minimum absolute atomic E-state index is 0.0818. The number of ether oxygens (including phenoxy) is 2. The summed E-state index contributed by atoms with van der Waals surface area (Å²) in [6.45, 7) is 5.84. The zero-order chi connectivity index (χ0) is 19.2. The summed E-state index contributed by atoms with van der Waals surface area (Å²) >= 11 is 0. The molecule has 6 nitrogen and oxygen atoms in total. The van der Waals surface area contributed by atoms with Gasteiger partial charge in [-0.1, -0.05) is 13.8 Å². The van der Waals surface area contributed by atoms with Crippen LogP contribution in [0.4, 0.5) is 0 Å². The van der Waals surface area contributed by atoms with E-state index in [9.17, 15) is 19.5 Å². The summed E-state index contributed by atoms with van der Waals surface area (Å²) in [6, 6.07) is 0. The van der Waals surface area contributed by atoms with Crippen LogP contribution in [0.3, 0.4) is 0 Å². The molecule has 0 aromatic carbocycles. The number of carbonyl (C=O) groups excluding carboxylic acids is 3. The Morgan fingerprint density at radius 2 is 2.00 bits per heavy atom. The summed E-state index contributed by atoms with van der Waals surface area (Å²) in [5.74, 6) is -1.34.